The number of carbonyl (C=O) groups excluding carboxylic acids is 1. The number of rotatable bonds is 5. The minimum atomic E-state index is -2.82. The molecular weight excluding hydrogens is 354 g/mol. The van der Waals surface area contributed by atoms with Crippen LogP contribution in [0, 0.1) is 11.6 Å². The van der Waals surface area contributed by atoms with Crippen LogP contribution >= 0.6 is 0 Å². The van der Waals surface area contributed by atoms with Gasteiger partial charge in [-0.15, -0.1) is 0 Å². The summed E-state index contributed by atoms with van der Waals surface area (Å²) in [5.41, 5.74) is -0.379. The summed E-state index contributed by atoms with van der Waals surface area (Å²) in [6, 6.07) is 8.67. The Labute approximate surface area is 158 Å². The summed E-state index contributed by atoms with van der Waals surface area (Å²) in [7, 11) is -2.82. The molecule has 4 rings (SSSR count). The number of aromatic nitrogens is 3. The third-order valence-corrected chi connectivity index (χ3v) is 4.56. The second kappa shape index (κ2) is 6.46. The van der Waals surface area contributed by atoms with Gasteiger partial charge in [0.1, 0.15) is 5.82 Å². The fourth-order valence-corrected chi connectivity index (χ4v) is 2.98. The molecule has 27 heavy (non-hydrogen) atoms. The topological polar surface area (TPSA) is 69.0 Å². The molecule has 6 nitrogen and oxygen atoms in total. The molecule has 2 aromatic heterocycles. The van der Waals surface area contributed by atoms with Crippen molar-refractivity contribution in [3.8, 4) is 11.6 Å². The average Bonchev–Trinajstić information content (AvgIpc) is 3.35. The molecule has 0 spiro atoms. The zero-order chi connectivity index (χ0) is 21.5. The number of pyridine rings is 1. The first-order valence-electron chi connectivity index (χ1n) is 9.65. The van der Waals surface area contributed by atoms with Gasteiger partial charge in [-0.25, -0.2) is 18.4 Å². The summed E-state index contributed by atoms with van der Waals surface area (Å²) >= 11 is 0. The molecule has 1 N–H and O–H groups in total. The van der Waals surface area contributed by atoms with Gasteiger partial charge in [-0.1, -0.05) is 18.2 Å². The van der Waals surface area contributed by atoms with E-state index in [0.29, 0.717) is 18.4 Å². The number of hydrogen-bond donors (Lipinski definition) is 1. The molecule has 2 heterocycles. The number of anilines is 1. The van der Waals surface area contributed by atoms with Crippen molar-refractivity contribution in [1.29, 1.82) is 0 Å². The molecule has 138 valence electrons. The van der Waals surface area contributed by atoms with Crippen LogP contribution in [0.15, 0.2) is 48.8 Å². The van der Waals surface area contributed by atoms with Crippen LogP contribution in [0.5, 0.6) is 5.88 Å². The Morgan fingerprint density at radius 1 is 1.30 bits per heavy atom. The largest absolute Gasteiger partial charge is 0.479 e. The zero-order valence-corrected chi connectivity index (χ0v) is 13.9. The van der Waals surface area contributed by atoms with Crippen molar-refractivity contribution in [1.82, 2.24) is 14.8 Å². The van der Waals surface area contributed by atoms with Crippen LogP contribution in [0.2, 0.25) is 0 Å². The van der Waals surface area contributed by atoms with Gasteiger partial charge in [-0.2, -0.15) is 5.10 Å². The minimum absolute atomic E-state index is 0.195. The number of nitrogens with one attached hydrogen (secondary N) is 1. The van der Waals surface area contributed by atoms with Crippen LogP contribution in [0.1, 0.15) is 22.5 Å². The number of hydrogen-bond acceptors (Lipinski definition) is 4. The molecule has 0 aliphatic heterocycles. The van der Waals surface area contributed by atoms with E-state index in [1.165, 1.54) is 29.2 Å². The highest BCUT2D eigenvalue weighted by molar-refractivity contribution is 6.00. The number of amides is 1. The fourth-order valence-electron chi connectivity index (χ4n) is 2.98. The van der Waals surface area contributed by atoms with Crippen LogP contribution in [0.4, 0.5) is 14.6 Å². The number of halogens is 2. The van der Waals surface area contributed by atoms with Crippen molar-refractivity contribution >= 4 is 11.7 Å². The molecule has 1 amide bonds. The van der Waals surface area contributed by atoms with E-state index in [4.69, 9.17) is 4.11 Å². The molecule has 3 aromatic rings. The van der Waals surface area contributed by atoms with Crippen molar-refractivity contribution < 1.29 is 22.4 Å². The Bertz CT molecular complexity index is 1110. The van der Waals surface area contributed by atoms with Crippen LogP contribution < -0.4 is 10.1 Å². The summed E-state index contributed by atoms with van der Waals surface area (Å²) in [4.78, 5) is 16.4. The summed E-state index contributed by atoms with van der Waals surface area (Å²) in [6.45, 7) is 0. The Kier molecular flexibility index (Phi) is 3.31. The molecule has 1 aliphatic rings. The molecule has 1 aliphatic carbocycles. The number of carbonyl (C=O) groups is 1. The number of ether oxygens (including phenoxy) is 1. The lowest BCUT2D eigenvalue weighted by Gasteiger charge is -2.15. The standard InChI is InChI=1S/C19H16F2N4O2/c1-27-17-15(21)10-12(11-22-17)25-9-6-16(24-25)23-18(26)19(7-8-19)13-4-2-3-5-14(13)20/h2-6,9-11H,7-8H2,1H3,(H,23,24,26)/i1D3. The summed E-state index contributed by atoms with van der Waals surface area (Å²) in [5, 5.41) is 6.82. The number of methoxy groups -OCH3 is 1. The monoisotopic (exact) mass is 373 g/mol. The molecule has 0 radical (unpaired) electrons. The van der Waals surface area contributed by atoms with Crippen molar-refractivity contribution in [3.63, 3.8) is 0 Å². The molecule has 1 aromatic carbocycles. The highest BCUT2D eigenvalue weighted by atomic mass is 19.1. The van der Waals surface area contributed by atoms with E-state index < -0.39 is 30.0 Å². The first-order chi connectivity index (χ1) is 14.2. The molecule has 1 saturated carbocycles. The highest BCUT2D eigenvalue weighted by Gasteiger charge is 2.52. The van der Waals surface area contributed by atoms with Gasteiger partial charge < -0.3 is 10.1 Å². The van der Waals surface area contributed by atoms with Crippen LogP contribution in [-0.4, -0.2) is 27.7 Å². The van der Waals surface area contributed by atoms with Crippen molar-refractivity contribution in [2.75, 3.05) is 12.4 Å². The third-order valence-electron chi connectivity index (χ3n) is 4.56. The van der Waals surface area contributed by atoms with Gasteiger partial charge in [0.2, 0.25) is 11.8 Å². The van der Waals surface area contributed by atoms with E-state index in [1.54, 1.807) is 18.2 Å². The maximum atomic E-state index is 14.1. The predicted octanol–water partition coefficient (Wildman–Crippen LogP) is 3.22. The third kappa shape index (κ3) is 3.03. The molecule has 8 heteroatoms. The van der Waals surface area contributed by atoms with Gasteiger partial charge in [-0.3, -0.25) is 4.79 Å². The Balaban J connectivity index is 1.51. The minimum Gasteiger partial charge on any atom is -0.479 e. The zero-order valence-electron chi connectivity index (χ0n) is 16.9. The highest BCUT2D eigenvalue weighted by Crippen LogP contribution is 2.49. The van der Waals surface area contributed by atoms with E-state index in [2.05, 4.69) is 20.1 Å². The van der Waals surface area contributed by atoms with Gasteiger partial charge in [0, 0.05) is 23.9 Å². The number of benzene rings is 1. The van der Waals surface area contributed by atoms with E-state index >= 15 is 0 Å². The number of nitrogens with zero attached hydrogens (tertiary/aromatic N) is 3. The smallest absolute Gasteiger partial charge is 0.250 e. The maximum absolute atomic E-state index is 14.1. The lowest BCUT2D eigenvalue weighted by Crippen LogP contribution is -2.29. The van der Waals surface area contributed by atoms with E-state index in [1.807, 2.05) is 0 Å². The SMILES string of the molecule is [2H]C([2H])([2H])Oc1ncc(-n2ccc(NC(=O)C3(c4ccccc4F)CC3)n2)cc1F. The molecule has 1 fully saturated rings. The van der Waals surface area contributed by atoms with Gasteiger partial charge >= 0.3 is 0 Å². The second-order valence-electron chi connectivity index (χ2n) is 6.24. The lowest BCUT2D eigenvalue weighted by molar-refractivity contribution is -0.118. The lowest BCUT2D eigenvalue weighted by atomic mass is 9.94. The van der Waals surface area contributed by atoms with E-state index in [0.717, 1.165) is 6.07 Å². The van der Waals surface area contributed by atoms with Crippen molar-refractivity contribution in [2.45, 2.75) is 18.3 Å². The van der Waals surface area contributed by atoms with Gasteiger partial charge in [0.25, 0.3) is 0 Å². The first kappa shape index (κ1) is 13.9. The maximum Gasteiger partial charge on any atom is 0.250 e. The molecule has 0 bridgehead atoms. The van der Waals surface area contributed by atoms with Gasteiger partial charge in [0.05, 0.1) is 28.4 Å². The Morgan fingerprint density at radius 3 is 2.81 bits per heavy atom. The second-order valence-corrected chi connectivity index (χ2v) is 6.24. The average molecular weight is 373 g/mol. The van der Waals surface area contributed by atoms with E-state index in [-0.39, 0.29) is 17.4 Å². The normalized spacial score (nSPS) is 16.7. The van der Waals surface area contributed by atoms with Gasteiger partial charge in [-0.05, 0) is 18.9 Å². The predicted molar refractivity (Wildman–Crippen MR) is 93.8 cm³/mol. The molecule has 0 atom stereocenters. The van der Waals surface area contributed by atoms with Crippen molar-refractivity contribution in [3.05, 3.63) is 66.0 Å². The van der Waals surface area contributed by atoms with Crippen molar-refractivity contribution in [2.24, 2.45) is 0 Å². The summed E-state index contributed by atoms with van der Waals surface area (Å²) in [5.74, 6) is -2.23. The molecular formula is C19H16F2N4O2. The van der Waals surface area contributed by atoms with Crippen LogP contribution in [-0.2, 0) is 10.2 Å². The quantitative estimate of drug-likeness (QED) is 0.746. The van der Waals surface area contributed by atoms with Crippen LogP contribution in [0.25, 0.3) is 5.69 Å². The van der Waals surface area contributed by atoms with Gasteiger partial charge in [0.15, 0.2) is 11.6 Å². The Hall–Kier alpha value is -3.29. The summed E-state index contributed by atoms with van der Waals surface area (Å²) < 4.78 is 55.0. The van der Waals surface area contributed by atoms with Crippen LogP contribution in [0.3, 0.4) is 0 Å². The fraction of sp³-hybridized carbons (Fsp3) is 0.211. The first-order valence-corrected chi connectivity index (χ1v) is 8.15. The molecule has 0 unspecified atom stereocenters. The van der Waals surface area contributed by atoms with E-state index in [9.17, 15) is 13.6 Å². The Morgan fingerprint density at radius 2 is 2.11 bits per heavy atom. The summed E-state index contributed by atoms with van der Waals surface area (Å²) in [6.07, 6.45) is 3.71. The molecule has 0 saturated heterocycles.